The van der Waals surface area contributed by atoms with Gasteiger partial charge in [-0.2, -0.15) is 0 Å². The number of imidazole rings is 2. The Morgan fingerprint density at radius 2 is 2.18 bits per heavy atom. The van der Waals surface area contributed by atoms with Crippen LogP contribution < -0.4 is 5.32 Å². The Bertz CT molecular complexity index is 596. The molecule has 0 fully saturated rings. The molecule has 5 nitrogen and oxygen atoms in total. The topological polar surface area (TPSA) is 47.2 Å². The van der Waals surface area contributed by atoms with Gasteiger partial charge in [-0.3, -0.25) is 4.40 Å². The zero-order valence-electron chi connectivity index (χ0n) is 9.32. The van der Waals surface area contributed by atoms with Crippen molar-refractivity contribution >= 4 is 11.5 Å². The molecule has 0 amide bonds. The lowest BCUT2D eigenvalue weighted by Crippen LogP contribution is -2.11. The van der Waals surface area contributed by atoms with Crippen LogP contribution in [0.25, 0.3) is 5.65 Å². The predicted octanol–water partition coefficient (Wildman–Crippen LogP) is 1.64. The Kier molecular flexibility index (Phi) is 2.50. The quantitative estimate of drug-likeness (QED) is 0.737. The molecule has 0 aliphatic carbocycles. The SMILES string of the molecule is c1cc(NCCn2ccnc2)n2ccnc2c1. The van der Waals surface area contributed by atoms with Gasteiger partial charge in [-0.15, -0.1) is 0 Å². The second-order valence-electron chi connectivity index (χ2n) is 3.79. The summed E-state index contributed by atoms with van der Waals surface area (Å²) in [5, 5.41) is 3.39. The van der Waals surface area contributed by atoms with Crippen molar-refractivity contribution in [2.75, 3.05) is 11.9 Å². The Morgan fingerprint density at radius 1 is 1.18 bits per heavy atom. The van der Waals surface area contributed by atoms with E-state index in [0.717, 1.165) is 24.6 Å². The van der Waals surface area contributed by atoms with Gasteiger partial charge in [0.05, 0.1) is 6.33 Å². The van der Waals surface area contributed by atoms with E-state index in [1.54, 1.807) is 12.4 Å². The lowest BCUT2D eigenvalue weighted by molar-refractivity contribution is 0.724. The molecule has 0 unspecified atom stereocenters. The average Bonchev–Trinajstić information content (AvgIpc) is 2.99. The molecular formula is C12H13N5. The number of fused-ring (bicyclic) bond motifs is 1. The lowest BCUT2D eigenvalue weighted by atomic mass is 10.4. The molecule has 0 aromatic carbocycles. The highest BCUT2D eigenvalue weighted by Crippen LogP contribution is 2.10. The van der Waals surface area contributed by atoms with E-state index >= 15 is 0 Å². The first kappa shape index (κ1) is 9.89. The summed E-state index contributed by atoms with van der Waals surface area (Å²) < 4.78 is 4.08. The smallest absolute Gasteiger partial charge is 0.138 e. The highest BCUT2D eigenvalue weighted by molar-refractivity contribution is 5.49. The highest BCUT2D eigenvalue weighted by atomic mass is 15.1. The van der Waals surface area contributed by atoms with E-state index in [1.165, 1.54) is 0 Å². The van der Waals surface area contributed by atoms with E-state index in [4.69, 9.17) is 0 Å². The number of hydrogen-bond donors (Lipinski definition) is 1. The molecule has 0 spiro atoms. The molecular weight excluding hydrogens is 214 g/mol. The number of anilines is 1. The first-order chi connectivity index (χ1) is 8.43. The summed E-state index contributed by atoms with van der Waals surface area (Å²) in [6, 6.07) is 6.03. The van der Waals surface area contributed by atoms with Gasteiger partial charge in [0.25, 0.3) is 0 Å². The molecule has 3 heterocycles. The third-order valence-electron chi connectivity index (χ3n) is 2.66. The molecule has 3 rings (SSSR count). The Balaban J connectivity index is 1.70. The summed E-state index contributed by atoms with van der Waals surface area (Å²) in [5.74, 6) is 1.06. The van der Waals surface area contributed by atoms with Gasteiger partial charge in [0, 0.05) is 37.9 Å². The minimum Gasteiger partial charge on any atom is -0.369 e. The van der Waals surface area contributed by atoms with Crippen molar-refractivity contribution in [1.29, 1.82) is 0 Å². The van der Waals surface area contributed by atoms with E-state index in [2.05, 4.69) is 15.3 Å². The van der Waals surface area contributed by atoms with Crippen LogP contribution in [0.2, 0.25) is 0 Å². The van der Waals surface area contributed by atoms with Crippen molar-refractivity contribution in [3.63, 3.8) is 0 Å². The van der Waals surface area contributed by atoms with Crippen molar-refractivity contribution in [1.82, 2.24) is 18.9 Å². The first-order valence-electron chi connectivity index (χ1n) is 5.55. The Morgan fingerprint density at radius 3 is 3.06 bits per heavy atom. The second kappa shape index (κ2) is 4.29. The van der Waals surface area contributed by atoms with E-state index < -0.39 is 0 Å². The minimum absolute atomic E-state index is 0.855. The first-order valence-corrected chi connectivity index (χ1v) is 5.55. The normalized spacial score (nSPS) is 10.8. The van der Waals surface area contributed by atoms with Crippen LogP contribution in [-0.2, 0) is 6.54 Å². The molecule has 0 aliphatic heterocycles. The summed E-state index contributed by atoms with van der Waals surface area (Å²) >= 11 is 0. The van der Waals surface area contributed by atoms with Gasteiger partial charge < -0.3 is 9.88 Å². The third-order valence-corrected chi connectivity index (χ3v) is 2.66. The molecule has 3 aromatic rings. The van der Waals surface area contributed by atoms with E-state index in [-0.39, 0.29) is 0 Å². The van der Waals surface area contributed by atoms with Crippen LogP contribution in [-0.4, -0.2) is 25.5 Å². The van der Waals surface area contributed by atoms with Crippen molar-refractivity contribution in [2.24, 2.45) is 0 Å². The van der Waals surface area contributed by atoms with Crippen molar-refractivity contribution in [3.8, 4) is 0 Å². The fraction of sp³-hybridized carbons (Fsp3) is 0.167. The number of rotatable bonds is 4. The fourth-order valence-electron chi connectivity index (χ4n) is 1.82. The lowest BCUT2D eigenvalue weighted by Gasteiger charge is -2.08. The van der Waals surface area contributed by atoms with E-state index in [9.17, 15) is 0 Å². The summed E-state index contributed by atoms with van der Waals surface area (Å²) in [6.45, 7) is 1.75. The average molecular weight is 227 g/mol. The standard InChI is InChI=1S/C12H13N5/c1-2-11(17-9-6-15-12(17)3-1)14-5-8-16-7-4-13-10-16/h1-4,6-7,9-10,14H,5,8H2. The monoisotopic (exact) mass is 227 g/mol. The van der Waals surface area contributed by atoms with Gasteiger partial charge in [0.1, 0.15) is 11.5 Å². The molecule has 0 atom stereocenters. The number of nitrogens with one attached hydrogen (secondary N) is 1. The van der Waals surface area contributed by atoms with Crippen molar-refractivity contribution in [2.45, 2.75) is 6.54 Å². The van der Waals surface area contributed by atoms with Crippen LogP contribution >= 0.6 is 0 Å². The van der Waals surface area contributed by atoms with E-state index in [1.807, 2.05) is 45.9 Å². The molecule has 17 heavy (non-hydrogen) atoms. The Labute approximate surface area is 98.7 Å². The van der Waals surface area contributed by atoms with Crippen molar-refractivity contribution < 1.29 is 0 Å². The van der Waals surface area contributed by atoms with Gasteiger partial charge in [-0.1, -0.05) is 6.07 Å². The van der Waals surface area contributed by atoms with Gasteiger partial charge >= 0.3 is 0 Å². The maximum Gasteiger partial charge on any atom is 0.138 e. The molecule has 0 bridgehead atoms. The van der Waals surface area contributed by atoms with Crippen LogP contribution in [0.4, 0.5) is 5.82 Å². The summed E-state index contributed by atoms with van der Waals surface area (Å²) in [4.78, 5) is 8.25. The van der Waals surface area contributed by atoms with Crippen molar-refractivity contribution in [3.05, 3.63) is 49.3 Å². The molecule has 3 aromatic heterocycles. The number of pyridine rings is 1. The van der Waals surface area contributed by atoms with Gasteiger partial charge in [-0.05, 0) is 12.1 Å². The molecule has 1 N–H and O–H groups in total. The van der Waals surface area contributed by atoms with Crippen LogP contribution in [0, 0.1) is 0 Å². The number of aromatic nitrogens is 4. The molecule has 0 saturated heterocycles. The largest absolute Gasteiger partial charge is 0.369 e. The minimum atomic E-state index is 0.855. The molecule has 86 valence electrons. The number of nitrogens with zero attached hydrogens (tertiary/aromatic N) is 4. The maximum absolute atomic E-state index is 4.25. The van der Waals surface area contributed by atoms with Crippen LogP contribution in [0.15, 0.2) is 49.3 Å². The zero-order valence-corrected chi connectivity index (χ0v) is 9.32. The van der Waals surface area contributed by atoms with Crippen LogP contribution in [0.3, 0.4) is 0 Å². The fourth-order valence-corrected chi connectivity index (χ4v) is 1.82. The zero-order chi connectivity index (χ0) is 11.5. The number of hydrogen-bond acceptors (Lipinski definition) is 3. The highest BCUT2D eigenvalue weighted by Gasteiger charge is 1.99. The molecule has 0 saturated carbocycles. The van der Waals surface area contributed by atoms with Crippen LogP contribution in [0.1, 0.15) is 0 Å². The van der Waals surface area contributed by atoms with Gasteiger partial charge in [0.2, 0.25) is 0 Å². The second-order valence-corrected chi connectivity index (χ2v) is 3.79. The molecule has 5 heteroatoms. The van der Waals surface area contributed by atoms with Gasteiger partial charge in [0.15, 0.2) is 0 Å². The van der Waals surface area contributed by atoms with Gasteiger partial charge in [-0.25, -0.2) is 9.97 Å². The molecule has 0 radical (unpaired) electrons. The summed E-state index contributed by atoms with van der Waals surface area (Å²) in [7, 11) is 0. The summed E-state index contributed by atoms with van der Waals surface area (Å²) in [6.07, 6.45) is 9.32. The van der Waals surface area contributed by atoms with Crippen LogP contribution in [0.5, 0.6) is 0 Å². The van der Waals surface area contributed by atoms with E-state index in [0.29, 0.717) is 0 Å². The summed E-state index contributed by atoms with van der Waals surface area (Å²) in [5.41, 5.74) is 0.956. The Hall–Kier alpha value is -2.30. The molecule has 0 aliphatic rings. The predicted molar refractivity (Wildman–Crippen MR) is 65.9 cm³/mol. The third kappa shape index (κ3) is 1.99. The maximum atomic E-state index is 4.25.